The molecule has 0 unspecified atom stereocenters. The highest BCUT2D eigenvalue weighted by atomic mass is 32.2. The number of piperidine rings is 1. The van der Waals surface area contributed by atoms with Crippen molar-refractivity contribution in [1.82, 2.24) is 9.21 Å². The summed E-state index contributed by atoms with van der Waals surface area (Å²) in [7, 11) is -3.24. The number of carbonyl (C=O) groups is 1. The van der Waals surface area contributed by atoms with Crippen LogP contribution in [0.25, 0.3) is 0 Å². The van der Waals surface area contributed by atoms with Gasteiger partial charge < -0.3 is 9.32 Å². The Morgan fingerprint density at radius 1 is 1.29 bits per heavy atom. The van der Waals surface area contributed by atoms with Gasteiger partial charge in [-0.15, -0.1) is 0 Å². The summed E-state index contributed by atoms with van der Waals surface area (Å²) in [5, 5.41) is 0. The zero-order valence-electron chi connectivity index (χ0n) is 12.1. The minimum absolute atomic E-state index is 0.153. The van der Waals surface area contributed by atoms with Crippen LogP contribution < -0.4 is 0 Å². The number of furan rings is 1. The number of likely N-dealkylation sites (tertiary alicyclic amines) is 1. The maximum atomic E-state index is 12.4. The monoisotopic (exact) mass is 312 g/mol. The zero-order valence-corrected chi connectivity index (χ0v) is 12.9. The van der Waals surface area contributed by atoms with Crippen molar-refractivity contribution in [3.05, 3.63) is 24.2 Å². The van der Waals surface area contributed by atoms with Gasteiger partial charge in [-0.25, -0.2) is 8.42 Å². The first-order valence-corrected chi connectivity index (χ1v) is 9.08. The van der Waals surface area contributed by atoms with Crippen LogP contribution >= 0.6 is 0 Å². The average Bonchev–Trinajstić information content (AvgIpc) is 3.07. The van der Waals surface area contributed by atoms with Crippen molar-refractivity contribution in [3.63, 3.8) is 0 Å². The van der Waals surface area contributed by atoms with Crippen LogP contribution in [0.1, 0.15) is 36.2 Å². The number of amides is 1. The van der Waals surface area contributed by atoms with Gasteiger partial charge in [0.25, 0.3) is 5.91 Å². The third-order valence-electron chi connectivity index (χ3n) is 4.51. The highest BCUT2D eigenvalue weighted by molar-refractivity contribution is 7.88. The molecule has 0 aliphatic carbocycles. The number of hydrogen-bond donors (Lipinski definition) is 0. The summed E-state index contributed by atoms with van der Waals surface area (Å²) in [5.41, 5.74) is -0.423. The standard InChI is InChI=1S/C14H20N2O4S/c1-21(18,19)16-9-4-7-14(16)6-3-8-15(11-14)13(17)12-5-2-10-20-12/h2,5,10H,3-4,6-9,11H2,1H3/t14-/m1/s1. The third-order valence-corrected chi connectivity index (χ3v) is 5.88. The molecule has 3 heterocycles. The zero-order chi connectivity index (χ0) is 15.1. The van der Waals surface area contributed by atoms with Gasteiger partial charge in [0.15, 0.2) is 5.76 Å². The largest absolute Gasteiger partial charge is 0.459 e. The van der Waals surface area contributed by atoms with E-state index in [9.17, 15) is 13.2 Å². The fourth-order valence-corrected chi connectivity index (χ4v) is 5.09. The summed E-state index contributed by atoms with van der Waals surface area (Å²) >= 11 is 0. The van der Waals surface area contributed by atoms with E-state index in [0.717, 1.165) is 25.7 Å². The van der Waals surface area contributed by atoms with E-state index in [4.69, 9.17) is 4.42 Å². The Morgan fingerprint density at radius 3 is 2.62 bits per heavy atom. The number of rotatable bonds is 2. The molecule has 116 valence electrons. The van der Waals surface area contributed by atoms with Crippen LogP contribution in [0.5, 0.6) is 0 Å². The number of hydrogen-bond acceptors (Lipinski definition) is 4. The quantitative estimate of drug-likeness (QED) is 0.825. The van der Waals surface area contributed by atoms with Gasteiger partial charge in [0.2, 0.25) is 10.0 Å². The van der Waals surface area contributed by atoms with Gasteiger partial charge in [0, 0.05) is 19.6 Å². The molecular formula is C14H20N2O4S. The third kappa shape index (κ3) is 2.60. The average molecular weight is 312 g/mol. The maximum Gasteiger partial charge on any atom is 0.289 e. The van der Waals surface area contributed by atoms with Crippen molar-refractivity contribution in [2.75, 3.05) is 25.9 Å². The summed E-state index contributed by atoms with van der Waals surface area (Å²) in [5.74, 6) is 0.162. The number of nitrogens with zero attached hydrogens (tertiary/aromatic N) is 2. The van der Waals surface area contributed by atoms with Gasteiger partial charge in [-0.05, 0) is 37.8 Å². The Labute approximate surface area is 124 Å². The molecule has 21 heavy (non-hydrogen) atoms. The molecule has 1 amide bonds. The summed E-state index contributed by atoms with van der Waals surface area (Å²) in [4.78, 5) is 14.1. The van der Waals surface area contributed by atoms with Crippen LogP contribution in [0.2, 0.25) is 0 Å². The molecule has 0 N–H and O–H groups in total. The van der Waals surface area contributed by atoms with E-state index in [1.54, 1.807) is 21.3 Å². The molecule has 1 atom stereocenters. The molecule has 3 rings (SSSR count). The normalized spacial score (nSPS) is 27.4. The van der Waals surface area contributed by atoms with E-state index in [1.807, 2.05) is 0 Å². The fraction of sp³-hybridized carbons (Fsp3) is 0.643. The van der Waals surface area contributed by atoms with Gasteiger partial charge in [-0.2, -0.15) is 4.31 Å². The van der Waals surface area contributed by atoms with Crippen molar-refractivity contribution in [2.24, 2.45) is 0 Å². The second-order valence-corrected chi connectivity index (χ2v) is 7.88. The predicted molar refractivity (Wildman–Crippen MR) is 77.4 cm³/mol. The van der Waals surface area contributed by atoms with E-state index in [1.165, 1.54) is 12.5 Å². The lowest BCUT2D eigenvalue weighted by molar-refractivity contribution is 0.0496. The van der Waals surface area contributed by atoms with Crippen molar-refractivity contribution >= 4 is 15.9 Å². The molecule has 7 heteroatoms. The highest BCUT2D eigenvalue weighted by Gasteiger charge is 2.48. The summed E-state index contributed by atoms with van der Waals surface area (Å²) in [6, 6.07) is 3.33. The Morgan fingerprint density at radius 2 is 2.00 bits per heavy atom. The molecule has 2 fully saturated rings. The first-order chi connectivity index (χ1) is 9.92. The molecule has 0 saturated carbocycles. The van der Waals surface area contributed by atoms with E-state index < -0.39 is 15.6 Å². The maximum absolute atomic E-state index is 12.4. The van der Waals surface area contributed by atoms with Crippen LogP contribution in [0.4, 0.5) is 0 Å². The lowest BCUT2D eigenvalue weighted by Gasteiger charge is -2.44. The van der Waals surface area contributed by atoms with Gasteiger partial charge >= 0.3 is 0 Å². The van der Waals surface area contributed by atoms with Crippen molar-refractivity contribution in [3.8, 4) is 0 Å². The molecule has 2 saturated heterocycles. The van der Waals surface area contributed by atoms with Crippen LogP contribution in [0.15, 0.2) is 22.8 Å². The summed E-state index contributed by atoms with van der Waals surface area (Å²) in [6.07, 6.45) is 6.05. The first kappa shape index (κ1) is 14.6. The highest BCUT2D eigenvalue weighted by Crippen LogP contribution is 2.39. The van der Waals surface area contributed by atoms with Crippen molar-refractivity contribution < 1.29 is 17.6 Å². The molecule has 6 nitrogen and oxygen atoms in total. The van der Waals surface area contributed by atoms with E-state index in [2.05, 4.69) is 0 Å². The van der Waals surface area contributed by atoms with Crippen molar-refractivity contribution in [1.29, 1.82) is 0 Å². The van der Waals surface area contributed by atoms with E-state index in [0.29, 0.717) is 25.4 Å². The lowest BCUT2D eigenvalue weighted by atomic mass is 9.87. The van der Waals surface area contributed by atoms with Crippen molar-refractivity contribution in [2.45, 2.75) is 31.2 Å². The molecule has 2 aliphatic heterocycles. The molecule has 0 radical (unpaired) electrons. The minimum atomic E-state index is -3.24. The molecule has 2 aliphatic rings. The molecule has 1 aromatic rings. The van der Waals surface area contributed by atoms with Gasteiger partial charge in [-0.1, -0.05) is 0 Å². The smallest absolute Gasteiger partial charge is 0.289 e. The van der Waals surface area contributed by atoms with Crippen LogP contribution in [0, 0.1) is 0 Å². The topological polar surface area (TPSA) is 70.8 Å². The molecule has 0 aromatic carbocycles. The van der Waals surface area contributed by atoms with E-state index >= 15 is 0 Å². The van der Waals surface area contributed by atoms with Gasteiger partial charge in [0.05, 0.1) is 18.1 Å². The Balaban J connectivity index is 1.84. The SMILES string of the molecule is CS(=O)(=O)N1CCC[C@@]12CCCN(C(=O)c1ccco1)C2. The summed E-state index contributed by atoms with van der Waals surface area (Å²) < 4.78 is 30.8. The Hall–Kier alpha value is -1.34. The van der Waals surface area contributed by atoms with Crippen LogP contribution in [-0.4, -0.2) is 55.0 Å². The van der Waals surface area contributed by atoms with Crippen LogP contribution in [-0.2, 0) is 10.0 Å². The summed E-state index contributed by atoms with van der Waals surface area (Å²) in [6.45, 7) is 1.67. The number of carbonyl (C=O) groups excluding carboxylic acids is 1. The minimum Gasteiger partial charge on any atom is -0.459 e. The molecular weight excluding hydrogens is 292 g/mol. The first-order valence-electron chi connectivity index (χ1n) is 7.23. The van der Waals surface area contributed by atoms with E-state index in [-0.39, 0.29) is 5.91 Å². The fourth-order valence-electron chi connectivity index (χ4n) is 3.68. The second-order valence-electron chi connectivity index (χ2n) is 5.97. The Kier molecular flexibility index (Phi) is 3.57. The predicted octanol–water partition coefficient (Wildman–Crippen LogP) is 1.31. The second kappa shape index (κ2) is 5.14. The molecule has 0 bridgehead atoms. The Bertz CT molecular complexity index is 625. The van der Waals surface area contributed by atoms with Gasteiger partial charge in [-0.3, -0.25) is 4.79 Å². The molecule has 1 aromatic heterocycles. The van der Waals surface area contributed by atoms with Crippen LogP contribution in [0.3, 0.4) is 0 Å². The number of sulfonamides is 1. The lowest BCUT2D eigenvalue weighted by Crippen LogP contribution is -2.58. The van der Waals surface area contributed by atoms with Gasteiger partial charge in [0.1, 0.15) is 0 Å². The molecule has 1 spiro atoms.